The molecular formula is C13H20N2O2. The van der Waals surface area contributed by atoms with Gasteiger partial charge in [0, 0.05) is 32.6 Å². The van der Waals surface area contributed by atoms with Crippen molar-refractivity contribution in [2.75, 3.05) is 31.4 Å². The largest absolute Gasteiger partial charge is 0.378 e. The molecule has 0 saturated carbocycles. The fourth-order valence-electron chi connectivity index (χ4n) is 1.22. The highest BCUT2D eigenvalue weighted by Gasteiger charge is 2.26. The predicted octanol–water partition coefficient (Wildman–Crippen LogP) is 2.12. The van der Waals surface area contributed by atoms with Crippen LogP contribution in [0.3, 0.4) is 0 Å². The molecular weight excluding hydrogens is 216 g/mol. The third-order valence-corrected chi connectivity index (χ3v) is 2.70. The maximum atomic E-state index is 11.8. The summed E-state index contributed by atoms with van der Waals surface area (Å²) in [6.45, 7) is 3.47. The number of amides is 1. The Balaban J connectivity index is 2.73. The van der Waals surface area contributed by atoms with E-state index in [4.69, 9.17) is 4.74 Å². The number of methoxy groups -OCH3 is 1. The topological polar surface area (TPSA) is 41.6 Å². The van der Waals surface area contributed by atoms with Gasteiger partial charge < -0.3 is 15.0 Å². The molecule has 0 bridgehead atoms. The van der Waals surface area contributed by atoms with E-state index in [1.807, 2.05) is 43.3 Å². The summed E-state index contributed by atoms with van der Waals surface area (Å²) in [6, 6.07) is 7.66. The zero-order valence-corrected chi connectivity index (χ0v) is 11.1. The van der Waals surface area contributed by atoms with Crippen LogP contribution in [-0.4, -0.2) is 32.7 Å². The quantitative estimate of drug-likeness (QED) is 0.870. The summed E-state index contributed by atoms with van der Waals surface area (Å²) in [5.41, 5.74) is 1.04. The smallest absolute Gasteiger partial charge is 0.256 e. The highest BCUT2D eigenvalue weighted by atomic mass is 16.5. The van der Waals surface area contributed by atoms with Gasteiger partial charge in [-0.1, -0.05) is 0 Å². The van der Waals surface area contributed by atoms with Crippen LogP contribution in [0.15, 0.2) is 24.3 Å². The second-order valence-corrected chi connectivity index (χ2v) is 4.61. The van der Waals surface area contributed by atoms with Gasteiger partial charge in [0.2, 0.25) is 0 Å². The number of carbonyl (C=O) groups is 1. The molecule has 0 unspecified atom stereocenters. The summed E-state index contributed by atoms with van der Waals surface area (Å²) >= 11 is 0. The van der Waals surface area contributed by atoms with Crippen molar-refractivity contribution >= 4 is 17.3 Å². The van der Waals surface area contributed by atoms with E-state index in [2.05, 4.69) is 5.32 Å². The summed E-state index contributed by atoms with van der Waals surface area (Å²) in [5, 5.41) is 2.82. The average Bonchev–Trinajstić information content (AvgIpc) is 2.29. The first kappa shape index (κ1) is 13.5. The molecule has 94 valence electrons. The Labute approximate surface area is 103 Å². The Morgan fingerprint density at radius 2 is 1.76 bits per heavy atom. The molecule has 1 aromatic rings. The Morgan fingerprint density at radius 3 is 2.18 bits per heavy atom. The molecule has 1 aromatic carbocycles. The highest BCUT2D eigenvalue weighted by molar-refractivity contribution is 5.96. The maximum Gasteiger partial charge on any atom is 0.256 e. The SMILES string of the molecule is COC(C)(C)C(=O)Nc1ccc(N(C)C)cc1. The summed E-state index contributed by atoms with van der Waals surface area (Å²) in [5.74, 6) is -0.155. The highest BCUT2D eigenvalue weighted by Crippen LogP contribution is 2.17. The van der Waals surface area contributed by atoms with Crippen molar-refractivity contribution in [3.05, 3.63) is 24.3 Å². The molecule has 0 radical (unpaired) electrons. The molecule has 0 spiro atoms. The van der Waals surface area contributed by atoms with Crippen molar-refractivity contribution in [3.8, 4) is 0 Å². The molecule has 1 N–H and O–H groups in total. The number of hydrogen-bond donors (Lipinski definition) is 1. The molecule has 0 aliphatic heterocycles. The van der Waals surface area contributed by atoms with Crippen LogP contribution in [0.4, 0.5) is 11.4 Å². The zero-order chi connectivity index (χ0) is 13.1. The second kappa shape index (κ2) is 5.19. The Morgan fingerprint density at radius 1 is 1.24 bits per heavy atom. The van der Waals surface area contributed by atoms with E-state index in [1.165, 1.54) is 7.11 Å². The van der Waals surface area contributed by atoms with Crippen molar-refractivity contribution in [1.29, 1.82) is 0 Å². The van der Waals surface area contributed by atoms with Crippen LogP contribution in [0.1, 0.15) is 13.8 Å². The summed E-state index contributed by atoms with van der Waals surface area (Å²) in [7, 11) is 5.47. The number of nitrogens with one attached hydrogen (secondary N) is 1. The lowest BCUT2D eigenvalue weighted by atomic mass is 10.1. The second-order valence-electron chi connectivity index (χ2n) is 4.61. The maximum absolute atomic E-state index is 11.8. The predicted molar refractivity (Wildman–Crippen MR) is 70.5 cm³/mol. The van der Waals surface area contributed by atoms with Gasteiger partial charge in [0.1, 0.15) is 5.60 Å². The first-order valence-corrected chi connectivity index (χ1v) is 5.51. The van der Waals surface area contributed by atoms with E-state index in [-0.39, 0.29) is 5.91 Å². The van der Waals surface area contributed by atoms with Gasteiger partial charge in [0.25, 0.3) is 5.91 Å². The van der Waals surface area contributed by atoms with Crippen molar-refractivity contribution < 1.29 is 9.53 Å². The average molecular weight is 236 g/mol. The Hall–Kier alpha value is -1.55. The van der Waals surface area contributed by atoms with Gasteiger partial charge in [-0.25, -0.2) is 0 Å². The minimum Gasteiger partial charge on any atom is -0.378 e. The van der Waals surface area contributed by atoms with Crippen LogP contribution in [0.2, 0.25) is 0 Å². The van der Waals surface area contributed by atoms with Gasteiger partial charge in [-0.05, 0) is 38.1 Å². The minimum atomic E-state index is -0.819. The molecule has 0 atom stereocenters. The molecule has 1 rings (SSSR count). The van der Waals surface area contributed by atoms with Gasteiger partial charge in [0.05, 0.1) is 0 Å². The number of carbonyl (C=O) groups excluding carboxylic acids is 1. The number of ether oxygens (including phenoxy) is 1. The molecule has 17 heavy (non-hydrogen) atoms. The molecule has 4 nitrogen and oxygen atoms in total. The van der Waals surface area contributed by atoms with Crippen LogP contribution in [0.25, 0.3) is 0 Å². The van der Waals surface area contributed by atoms with E-state index in [0.717, 1.165) is 11.4 Å². The molecule has 0 aromatic heterocycles. The number of rotatable bonds is 4. The number of hydrogen-bond acceptors (Lipinski definition) is 3. The number of benzene rings is 1. The lowest BCUT2D eigenvalue weighted by Crippen LogP contribution is -2.38. The van der Waals surface area contributed by atoms with Gasteiger partial charge in [-0.2, -0.15) is 0 Å². The number of nitrogens with zero attached hydrogens (tertiary/aromatic N) is 1. The standard InChI is InChI=1S/C13H20N2O2/c1-13(2,17-5)12(16)14-10-6-8-11(9-7-10)15(3)4/h6-9H,1-5H3,(H,14,16). The number of anilines is 2. The summed E-state index contributed by atoms with van der Waals surface area (Å²) in [6.07, 6.45) is 0. The van der Waals surface area contributed by atoms with E-state index in [1.54, 1.807) is 13.8 Å². The molecule has 0 aliphatic rings. The molecule has 0 saturated heterocycles. The minimum absolute atomic E-state index is 0.155. The lowest BCUT2D eigenvalue weighted by molar-refractivity contribution is -0.133. The molecule has 4 heteroatoms. The monoisotopic (exact) mass is 236 g/mol. The van der Waals surface area contributed by atoms with Crippen molar-refractivity contribution in [2.45, 2.75) is 19.4 Å². The molecule has 0 heterocycles. The first-order valence-electron chi connectivity index (χ1n) is 5.51. The van der Waals surface area contributed by atoms with Crippen LogP contribution >= 0.6 is 0 Å². The summed E-state index contributed by atoms with van der Waals surface area (Å²) < 4.78 is 5.11. The molecule has 0 fully saturated rings. The fraction of sp³-hybridized carbons (Fsp3) is 0.462. The van der Waals surface area contributed by atoms with Gasteiger partial charge >= 0.3 is 0 Å². The zero-order valence-electron chi connectivity index (χ0n) is 11.1. The fourth-order valence-corrected chi connectivity index (χ4v) is 1.22. The summed E-state index contributed by atoms with van der Waals surface area (Å²) in [4.78, 5) is 13.8. The normalized spacial score (nSPS) is 11.1. The van der Waals surface area contributed by atoms with Crippen LogP contribution in [0.5, 0.6) is 0 Å². The first-order chi connectivity index (χ1) is 7.86. The lowest BCUT2D eigenvalue weighted by Gasteiger charge is -2.22. The van der Waals surface area contributed by atoms with Gasteiger partial charge in [0.15, 0.2) is 0 Å². The van der Waals surface area contributed by atoms with Crippen molar-refractivity contribution in [2.24, 2.45) is 0 Å². The van der Waals surface area contributed by atoms with Crippen molar-refractivity contribution in [1.82, 2.24) is 0 Å². The van der Waals surface area contributed by atoms with Crippen LogP contribution in [-0.2, 0) is 9.53 Å². The van der Waals surface area contributed by atoms with E-state index in [9.17, 15) is 4.79 Å². The third-order valence-electron chi connectivity index (χ3n) is 2.70. The van der Waals surface area contributed by atoms with E-state index in [0.29, 0.717) is 0 Å². The molecule has 1 amide bonds. The van der Waals surface area contributed by atoms with Crippen molar-refractivity contribution in [3.63, 3.8) is 0 Å². The Bertz CT molecular complexity index is 383. The van der Waals surface area contributed by atoms with Crippen LogP contribution in [0, 0.1) is 0 Å². The molecule has 0 aliphatic carbocycles. The van der Waals surface area contributed by atoms with Gasteiger partial charge in [-0.3, -0.25) is 4.79 Å². The Kier molecular flexibility index (Phi) is 4.12. The van der Waals surface area contributed by atoms with E-state index >= 15 is 0 Å². The third kappa shape index (κ3) is 3.46. The van der Waals surface area contributed by atoms with Crippen LogP contribution < -0.4 is 10.2 Å². The van der Waals surface area contributed by atoms with E-state index < -0.39 is 5.60 Å². The van der Waals surface area contributed by atoms with Gasteiger partial charge in [-0.15, -0.1) is 0 Å².